The smallest absolute Gasteiger partial charge is 0.287 e. The molecule has 1 fully saturated rings. The maximum Gasteiger partial charge on any atom is 0.287 e. The highest BCUT2D eigenvalue weighted by Crippen LogP contribution is 2.35. The molecule has 1 saturated carbocycles. The Labute approximate surface area is 230 Å². The summed E-state index contributed by atoms with van der Waals surface area (Å²) in [5, 5.41) is 16.0. The van der Waals surface area contributed by atoms with E-state index in [1.807, 2.05) is 12.1 Å². The second-order valence-corrected chi connectivity index (χ2v) is 12.1. The molecular weight excluding hydrogens is 540 g/mol. The number of alkyl halides is 2. The van der Waals surface area contributed by atoms with Crippen LogP contribution in [0.25, 0.3) is 28.2 Å². The van der Waals surface area contributed by atoms with Crippen LogP contribution in [0.15, 0.2) is 57.2 Å². The molecule has 5 rings (SSSR count). The van der Waals surface area contributed by atoms with Crippen LogP contribution in [0, 0.1) is 11.3 Å². The number of furan rings is 1. The molecule has 1 aliphatic heterocycles. The zero-order valence-corrected chi connectivity index (χ0v) is 22.3. The van der Waals surface area contributed by atoms with Gasteiger partial charge in [-0.05, 0) is 72.7 Å². The Kier molecular flexibility index (Phi) is 7.23. The topological polar surface area (TPSA) is 129 Å². The monoisotopic (exact) mass is 567 g/mol. The molecule has 2 aromatic carbocycles. The number of nitrogens with one attached hydrogen (secondary N) is 2. The fourth-order valence-corrected chi connectivity index (χ4v) is 5.85. The van der Waals surface area contributed by atoms with Crippen molar-refractivity contribution in [2.75, 3.05) is 6.54 Å². The summed E-state index contributed by atoms with van der Waals surface area (Å²) in [6.07, 6.45) is 1.86. The lowest BCUT2D eigenvalue weighted by atomic mass is 10.0. The van der Waals surface area contributed by atoms with Gasteiger partial charge in [0.2, 0.25) is 11.8 Å². The third kappa shape index (κ3) is 6.07. The predicted octanol–water partition coefficient (Wildman–Crippen LogP) is 5.35. The number of nitrogens with zero attached hydrogens (tertiary/aromatic N) is 1. The zero-order valence-electron chi connectivity index (χ0n) is 21.5. The van der Waals surface area contributed by atoms with Gasteiger partial charge in [0.25, 0.3) is 5.91 Å². The van der Waals surface area contributed by atoms with Gasteiger partial charge in [-0.1, -0.05) is 18.2 Å². The van der Waals surface area contributed by atoms with Gasteiger partial charge < -0.3 is 15.1 Å². The number of hydrogen-bond acceptors (Lipinski definition) is 6. The van der Waals surface area contributed by atoms with Crippen LogP contribution in [0.1, 0.15) is 61.1 Å². The Morgan fingerprint density at radius 2 is 1.77 bits per heavy atom. The number of amides is 2. The van der Waals surface area contributed by atoms with Crippen LogP contribution < -0.4 is 10.6 Å². The zero-order chi connectivity index (χ0) is 28.5. The molecule has 40 heavy (non-hydrogen) atoms. The van der Waals surface area contributed by atoms with Crippen molar-refractivity contribution < 1.29 is 31.2 Å². The van der Waals surface area contributed by atoms with E-state index in [0.717, 1.165) is 11.1 Å². The van der Waals surface area contributed by atoms with E-state index in [4.69, 9.17) is 9.68 Å². The summed E-state index contributed by atoms with van der Waals surface area (Å²) in [6.45, 7) is 0.0352. The summed E-state index contributed by atoms with van der Waals surface area (Å²) < 4.78 is 58.1. The molecule has 0 spiro atoms. The molecular formula is C29H27F2N3O5S. The number of hydrogen-bond donors (Lipinski definition) is 2. The normalized spacial score (nSPS) is 16.3. The summed E-state index contributed by atoms with van der Waals surface area (Å²) in [5.41, 5.74) is 1.85. The summed E-state index contributed by atoms with van der Waals surface area (Å²) in [4.78, 5) is 24.7. The molecule has 0 unspecified atom stereocenters. The molecule has 0 saturated heterocycles. The van der Waals surface area contributed by atoms with Crippen molar-refractivity contribution in [2.45, 2.75) is 61.3 Å². The van der Waals surface area contributed by atoms with Crippen molar-refractivity contribution in [1.82, 2.24) is 10.6 Å². The average Bonchev–Trinajstić information content (AvgIpc) is 3.44. The summed E-state index contributed by atoms with van der Waals surface area (Å²) in [7, 11) is -3.38. The molecule has 2 N–H and O–H groups in total. The highest BCUT2D eigenvalue weighted by molar-refractivity contribution is 7.94. The number of fused-ring (bicyclic) bond motifs is 2. The van der Waals surface area contributed by atoms with Crippen LogP contribution >= 0.6 is 0 Å². The molecule has 2 heterocycles. The van der Waals surface area contributed by atoms with Gasteiger partial charge in [-0.2, -0.15) is 5.26 Å². The maximum absolute atomic E-state index is 14.2. The van der Waals surface area contributed by atoms with Crippen LogP contribution in [0.4, 0.5) is 8.78 Å². The first kappa shape index (κ1) is 27.5. The van der Waals surface area contributed by atoms with E-state index < -0.39 is 40.0 Å². The van der Waals surface area contributed by atoms with E-state index in [0.29, 0.717) is 29.4 Å². The molecule has 208 valence electrons. The van der Waals surface area contributed by atoms with Gasteiger partial charge in [0.05, 0.1) is 11.0 Å². The minimum atomic E-state index is -3.38. The Morgan fingerprint density at radius 3 is 2.52 bits per heavy atom. The summed E-state index contributed by atoms with van der Waals surface area (Å²) in [6, 6.07) is 14.0. The Hall–Kier alpha value is -4.04. The molecule has 11 heteroatoms. The molecule has 0 bridgehead atoms. The summed E-state index contributed by atoms with van der Waals surface area (Å²) in [5.74, 6) is -3.82. The van der Waals surface area contributed by atoms with Gasteiger partial charge >= 0.3 is 0 Å². The third-order valence-corrected chi connectivity index (χ3v) is 8.59. The molecule has 0 radical (unpaired) electrons. The minimum absolute atomic E-state index is 0.00886. The number of rotatable bonds is 11. The van der Waals surface area contributed by atoms with E-state index in [1.165, 1.54) is 5.41 Å². The first-order valence-corrected chi connectivity index (χ1v) is 14.5. The third-order valence-electron chi connectivity index (χ3n) is 7.11. The van der Waals surface area contributed by atoms with Gasteiger partial charge in [0.15, 0.2) is 15.6 Å². The van der Waals surface area contributed by atoms with Crippen LogP contribution in [0.2, 0.25) is 0 Å². The van der Waals surface area contributed by atoms with Crippen molar-refractivity contribution in [3.05, 3.63) is 59.2 Å². The maximum atomic E-state index is 14.2. The highest BCUT2D eigenvalue weighted by atomic mass is 32.2. The first-order chi connectivity index (χ1) is 19.0. The quantitative estimate of drug-likeness (QED) is 0.301. The van der Waals surface area contributed by atoms with E-state index in [9.17, 15) is 26.8 Å². The van der Waals surface area contributed by atoms with E-state index in [1.54, 1.807) is 42.5 Å². The lowest BCUT2D eigenvalue weighted by Gasteiger charge is -2.16. The van der Waals surface area contributed by atoms with Crippen molar-refractivity contribution in [1.29, 1.82) is 5.26 Å². The fraction of sp³-hybridized carbons (Fsp3) is 0.345. The van der Waals surface area contributed by atoms with Gasteiger partial charge in [0, 0.05) is 36.6 Å². The van der Waals surface area contributed by atoms with Crippen molar-refractivity contribution >= 4 is 38.7 Å². The van der Waals surface area contributed by atoms with Gasteiger partial charge in [-0.15, -0.1) is 0 Å². The molecule has 1 aliphatic carbocycles. The van der Waals surface area contributed by atoms with Crippen LogP contribution in [0.5, 0.6) is 0 Å². The Balaban J connectivity index is 1.10. The SMILES string of the molecule is N#CC1(NC(=O)CCCC(F)(F)CCCNC(=O)c2cc3ccc(-c4ccc5c(c4)C=CS5(=O)=O)cc3o2)CC1. The minimum Gasteiger partial charge on any atom is -0.451 e. The molecule has 1 aromatic heterocycles. The lowest BCUT2D eigenvalue weighted by Crippen LogP contribution is -2.35. The molecule has 2 amide bonds. The second-order valence-electron chi connectivity index (χ2n) is 10.3. The fourth-order valence-electron chi connectivity index (χ4n) is 4.66. The summed E-state index contributed by atoms with van der Waals surface area (Å²) >= 11 is 0. The predicted molar refractivity (Wildman–Crippen MR) is 144 cm³/mol. The van der Waals surface area contributed by atoms with E-state index >= 15 is 0 Å². The first-order valence-electron chi connectivity index (χ1n) is 13.0. The molecule has 0 atom stereocenters. The molecule has 8 nitrogen and oxygen atoms in total. The van der Waals surface area contributed by atoms with Gasteiger partial charge in [-0.3, -0.25) is 9.59 Å². The average molecular weight is 568 g/mol. The van der Waals surface area contributed by atoms with Gasteiger partial charge in [0.1, 0.15) is 11.1 Å². The number of sulfone groups is 1. The molecule has 2 aliphatic rings. The largest absolute Gasteiger partial charge is 0.451 e. The standard InChI is InChI=1S/C29H27F2N3O5S/c30-29(31,9-1-3-26(35)34-28(18-32)11-12-28)10-2-13-33-27(36)24-17-21-5-4-20(16-23(21)39-24)19-6-7-25-22(15-19)8-14-40(25,37)38/h4-8,14-17H,1-3,9-13H2,(H,33,36)(H,34,35). The lowest BCUT2D eigenvalue weighted by molar-refractivity contribution is -0.122. The van der Waals surface area contributed by atoms with E-state index in [-0.39, 0.29) is 42.4 Å². The Morgan fingerprint density at radius 1 is 1.05 bits per heavy atom. The van der Waals surface area contributed by atoms with Crippen LogP contribution in [0.3, 0.4) is 0 Å². The number of carbonyl (C=O) groups is 2. The highest BCUT2D eigenvalue weighted by Gasteiger charge is 2.44. The Bertz CT molecular complexity index is 1670. The number of carbonyl (C=O) groups excluding carboxylic acids is 2. The number of benzene rings is 2. The number of halogens is 2. The van der Waals surface area contributed by atoms with E-state index in [2.05, 4.69) is 10.6 Å². The second kappa shape index (κ2) is 10.5. The van der Waals surface area contributed by atoms with Crippen molar-refractivity contribution in [3.8, 4) is 17.2 Å². The van der Waals surface area contributed by atoms with Gasteiger partial charge in [-0.25, -0.2) is 17.2 Å². The molecule has 3 aromatic rings. The van der Waals surface area contributed by atoms with Crippen LogP contribution in [-0.2, 0) is 14.6 Å². The number of nitriles is 1. The van der Waals surface area contributed by atoms with Crippen molar-refractivity contribution in [3.63, 3.8) is 0 Å². The van der Waals surface area contributed by atoms with Crippen molar-refractivity contribution in [2.24, 2.45) is 0 Å². The van der Waals surface area contributed by atoms with Crippen LogP contribution in [-0.4, -0.2) is 38.2 Å².